The molecule has 2 aromatic rings. The third-order valence-corrected chi connectivity index (χ3v) is 2.45. The van der Waals surface area contributed by atoms with E-state index in [2.05, 4.69) is 15.9 Å². The van der Waals surface area contributed by atoms with Gasteiger partial charge in [-0.1, -0.05) is 0 Å². The fourth-order valence-corrected chi connectivity index (χ4v) is 1.52. The van der Waals surface area contributed by atoms with Crippen molar-refractivity contribution in [3.05, 3.63) is 39.2 Å². The van der Waals surface area contributed by atoms with Crippen LogP contribution in [0.5, 0.6) is 5.75 Å². The van der Waals surface area contributed by atoms with Crippen LogP contribution in [0.4, 0.5) is 0 Å². The molecule has 72 valence electrons. The number of ether oxygens (including phenoxy) is 1. The van der Waals surface area contributed by atoms with Gasteiger partial charge in [0.15, 0.2) is 0 Å². The van der Waals surface area contributed by atoms with Crippen LogP contribution in [0.1, 0.15) is 0 Å². The van der Waals surface area contributed by atoms with Crippen LogP contribution in [0, 0.1) is 0 Å². The van der Waals surface area contributed by atoms with E-state index in [-0.39, 0.29) is 5.63 Å². The summed E-state index contributed by atoms with van der Waals surface area (Å²) in [5.74, 6) is 0.669. The maximum absolute atomic E-state index is 11.2. The Bertz CT molecular complexity index is 530. The summed E-state index contributed by atoms with van der Waals surface area (Å²) in [4.78, 5) is 11.2. The summed E-state index contributed by atoms with van der Waals surface area (Å²) in [5, 5.41) is 0.859. The second-order valence-corrected chi connectivity index (χ2v) is 3.64. The van der Waals surface area contributed by atoms with E-state index in [1.165, 1.54) is 0 Å². The third kappa shape index (κ3) is 1.53. The number of methoxy groups -OCH3 is 1. The van der Waals surface area contributed by atoms with E-state index in [1.54, 1.807) is 19.2 Å². The molecule has 0 radical (unpaired) electrons. The highest BCUT2D eigenvalue weighted by molar-refractivity contribution is 9.10. The molecule has 2 rings (SSSR count). The van der Waals surface area contributed by atoms with Crippen molar-refractivity contribution in [1.82, 2.24) is 0 Å². The van der Waals surface area contributed by atoms with Crippen molar-refractivity contribution in [3.63, 3.8) is 0 Å². The van der Waals surface area contributed by atoms with E-state index in [9.17, 15) is 4.79 Å². The molecular weight excluding hydrogens is 248 g/mol. The van der Waals surface area contributed by atoms with Crippen LogP contribution in [0.2, 0.25) is 0 Å². The first kappa shape index (κ1) is 9.27. The van der Waals surface area contributed by atoms with E-state index in [0.29, 0.717) is 15.8 Å². The lowest BCUT2D eigenvalue weighted by molar-refractivity contribution is 0.414. The van der Waals surface area contributed by atoms with Crippen molar-refractivity contribution >= 4 is 26.9 Å². The van der Waals surface area contributed by atoms with Crippen LogP contribution in [0.3, 0.4) is 0 Å². The predicted molar refractivity (Wildman–Crippen MR) is 56.7 cm³/mol. The number of rotatable bonds is 1. The highest BCUT2D eigenvalue weighted by atomic mass is 79.9. The lowest BCUT2D eigenvalue weighted by Gasteiger charge is -2.00. The van der Waals surface area contributed by atoms with Crippen LogP contribution >= 0.6 is 15.9 Å². The van der Waals surface area contributed by atoms with Gasteiger partial charge < -0.3 is 9.15 Å². The number of halogens is 1. The second kappa shape index (κ2) is 3.46. The van der Waals surface area contributed by atoms with Crippen LogP contribution in [0.15, 0.2) is 37.9 Å². The first-order valence-corrected chi connectivity index (χ1v) is 4.77. The molecular formula is C10H7BrO3. The van der Waals surface area contributed by atoms with Gasteiger partial charge in [-0.15, -0.1) is 0 Å². The number of hydrogen-bond donors (Lipinski definition) is 0. The maximum Gasteiger partial charge on any atom is 0.350 e. The fraction of sp³-hybridized carbons (Fsp3) is 0.100. The van der Waals surface area contributed by atoms with Crippen molar-refractivity contribution in [2.24, 2.45) is 0 Å². The van der Waals surface area contributed by atoms with Gasteiger partial charge in [0.1, 0.15) is 15.8 Å². The molecule has 0 aliphatic rings. The van der Waals surface area contributed by atoms with Crippen LogP contribution in [-0.2, 0) is 0 Å². The summed E-state index contributed by atoms with van der Waals surface area (Å²) in [6.45, 7) is 0. The lowest BCUT2D eigenvalue weighted by Crippen LogP contribution is -1.98. The highest BCUT2D eigenvalue weighted by Crippen LogP contribution is 2.21. The molecule has 0 N–H and O–H groups in total. The smallest absolute Gasteiger partial charge is 0.350 e. The fourth-order valence-electron chi connectivity index (χ4n) is 1.19. The summed E-state index contributed by atoms with van der Waals surface area (Å²) in [5.41, 5.74) is 0.142. The Morgan fingerprint density at radius 2 is 2.14 bits per heavy atom. The maximum atomic E-state index is 11.2. The van der Waals surface area contributed by atoms with E-state index in [4.69, 9.17) is 9.15 Å². The lowest BCUT2D eigenvalue weighted by atomic mass is 10.2. The summed E-state index contributed by atoms with van der Waals surface area (Å²) in [6.07, 6.45) is 0. The molecule has 1 heterocycles. The van der Waals surface area contributed by atoms with Crippen molar-refractivity contribution in [2.75, 3.05) is 7.11 Å². The predicted octanol–water partition coefficient (Wildman–Crippen LogP) is 2.56. The molecule has 14 heavy (non-hydrogen) atoms. The van der Waals surface area contributed by atoms with Crippen molar-refractivity contribution in [2.45, 2.75) is 0 Å². The van der Waals surface area contributed by atoms with Crippen molar-refractivity contribution in [1.29, 1.82) is 0 Å². The Balaban J connectivity index is 2.77. The van der Waals surface area contributed by atoms with Gasteiger partial charge in [-0.05, 0) is 34.1 Å². The largest absolute Gasteiger partial charge is 0.497 e. The minimum Gasteiger partial charge on any atom is -0.497 e. The summed E-state index contributed by atoms with van der Waals surface area (Å²) >= 11 is 3.11. The first-order valence-electron chi connectivity index (χ1n) is 3.98. The third-order valence-electron chi connectivity index (χ3n) is 1.90. The molecule has 1 aromatic heterocycles. The Morgan fingerprint density at radius 3 is 2.86 bits per heavy atom. The van der Waals surface area contributed by atoms with Gasteiger partial charge in [0.05, 0.1) is 7.11 Å². The van der Waals surface area contributed by atoms with Crippen LogP contribution < -0.4 is 10.4 Å². The minimum atomic E-state index is -0.384. The number of fused-ring (bicyclic) bond motifs is 1. The zero-order valence-electron chi connectivity index (χ0n) is 7.41. The Morgan fingerprint density at radius 1 is 1.36 bits per heavy atom. The van der Waals surface area contributed by atoms with Gasteiger partial charge in [-0.2, -0.15) is 0 Å². The molecule has 0 atom stereocenters. The van der Waals surface area contributed by atoms with Gasteiger partial charge in [-0.25, -0.2) is 4.79 Å². The monoisotopic (exact) mass is 254 g/mol. The minimum absolute atomic E-state index is 0.384. The second-order valence-electron chi connectivity index (χ2n) is 2.79. The molecule has 0 spiro atoms. The molecule has 0 unspecified atom stereocenters. The molecule has 0 saturated heterocycles. The zero-order valence-corrected chi connectivity index (χ0v) is 9.00. The van der Waals surface area contributed by atoms with E-state index >= 15 is 0 Å². The molecule has 0 fully saturated rings. The topological polar surface area (TPSA) is 39.4 Å². The van der Waals surface area contributed by atoms with E-state index in [1.807, 2.05) is 12.1 Å². The summed E-state index contributed by atoms with van der Waals surface area (Å²) in [6, 6.07) is 7.06. The van der Waals surface area contributed by atoms with Crippen molar-refractivity contribution < 1.29 is 9.15 Å². The molecule has 3 nitrogen and oxygen atoms in total. The van der Waals surface area contributed by atoms with Gasteiger partial charge in [0.2, 0.25) is 0 Å². The number of hydrogen-bond acceptors (Lipinski definition) is 3. The first-order chi connectivity index (χ1) is 6.70. The molecule has 0 bridgehead atoms. The molecule has 0 amide bonds. The van der Waals surface area contributed by atoms with Gasteiger partial charge in [0, 0.05) is 11.5 Å². The Hall–Kier alpha value is -1.29. The van der Waals surface area contributed by atoms with Crippen LogP contribution in [0.25, 0.3) is 11.0 Å². The average molecular weight is 255 g/mol. The Kier molecular flexibility index (Phi) is 2.29. The summed E-state index contributed by atoms with van der Waals surface area (Å²) in [7, 11) is 1.57. The summed E-state index contributed by atoms with van der Waals surface area (Å²) < 4.78 is 10.5. The van der Waals surface area contributed by atoms with Crippen LogP contribution in [-0.4, -0.2) is 7.11 Å². The van der Waals surface area contributed by atoms with Gasteiger partial charge in [-0.3, -0.25) is 0 Å². The Labute approximate surface area is 88.4 Å². The molecule has 4 heteroatoms. The van der Waals surface area contributed by atoms with E-state index < -0.39 is 0 Å². The SMILES string of the molecule is COc1ccc2cc(Br)c(=O)oc2c1. The molecule has 0 saturated carbocycles. The number of benzene rings is 1. The standard InChI is InChI=1S/C10H7BrO3/c1-13-7-3-2-6-4-8(11)10(12)14-9(6)5-7/h2-5H,1H3. The van der Waals surface area contributed by atoms with Gasteiger partial charge in [0.25, 0.3) is 0 Å². The van der Waals surface area contributed by atoms with E-state index in [0.717, 1.165) is 5.39 Å². The highest BCUT2D eigenvalue weighted by Gasteiger charge is 2.03. The average Bonchev–Trinajstić information content (AvgIpc) is 2.19. The molecule has 0 aliphatic carbocycles. The van der Waals surface area contributed by atoms with Gasteiger partial charge >= 0.3 is 5.63 Å². The van der Waals surface area contributed by atoms with Crippen molar-refractivity contribution in [3.8, 4) is 5.75 Å². The molecule has 1 aromatic carbocycles. The quantitative estimate of drug-likeness (QED) is 0.735. The molecule has 0 aliphatic heterocycles. The normalized spacial score (nSPS) is 10.4. The zero-order chi connectivity index (χ0) is 10.1.